The molecule has 5 nitrogen and oxygen atoms in total. The van der Waals surface area contributed by atoms with Gasteiger partial charge < -0.3 is 10.5 Å². The van der Waals surface area contributed by atoms with Gasteiger partial charge in [0.1, 0.15) is 11.9 Å². The normalized spacial score (nSPS) is 24.4. The highest BCUT2D eigenvalue weighted by Crippen LogP contribution is 2.40. The number of halogens is 1. The summed E-state index contributed by atoms with van der Waals surface area (Å²) < 4.78 is 7.86. The van der Waals surface area contributed by atoms with Gasteiger partial charge in [0.25, 0.3) is 0 Å². The molecule has 5 rings (SSSR count). The predicted molar refractivity (Wildman–Crippen MR) is 122 cm³/mol. The molecule has 1 fully saturated rings. The highest BCUT2D eigenvalue weighted by molar-refractivity contribution is 9.10. The van der Waals surface area contributed by atoms with Crippen molar-refractivity contribution in [2.45, 2.75) is 43.9 Å². The number of nitrogens with one attached hydrogen (secondary N) is 1. The fraction of sp³-hybridized carbons (Fsp3) is 0.375. The largest absolute Gasteiger partial charge is 0.483 e. The molecule has 3 N–H and O–H groups in total. The minimum absolute atomic E-state index is 0.0249. The molecule has 1 aliphatic heterocycles. The van der Waals surface area contributed by atoms with Crippen molar-refractivity contribution in [3.63, 3.8) is 0 Å². The first-order chi connectivity index (χ1) is 14.7. The smallest absolute Gasteiger partial charge is 0.139 e. The number of fused-ring (bicyclic) bond motifs is 1. The minimum atomic E-state index is -0.0249. The van der Waals surface area contributed by atoms with Gasteiger partial charge in [0.05, 0.1) is 11.7 Å². The van der Waals surface area contributed by atoms with Crippen LogP contribution >= 0.6 is 15.9 Å². The average Bonchev–Trinajstić information content (AvgIpc) is 3.30. The zero-order chi connectivity index (χ0) is 20.5. The van der Waals surface area contributed by atoms with Crippen LogP contribution in [0, 0.1) is 0 Å². The Morgan fingerprint density at radius 3 is 2.87 bits per heavy atom. The third-order valence-electron chi connectivity index (χ3n) is 6.37. The van der Waals surface area contributed by atoms with Gasteiger partial charge in [-0.05, 0) is 67.6 Å². The summed E-state index contributed by atoms with van der Waals surface area (Å²) in [6.07, 6.45) is 6.19. The molecule has 0 unspecified atom stereocenters. The summed E-state index contributed by atoms with van der Waals surface area (Å²) >= 11 is 3.60. The van der Waals surface area contributed by atoms with Crippen molar-refractivity contribution in [2.75, 3.05) is 13.1 Å². The van der Waals surface area contributed by atoms with E-state index in [4.69, 9.17) is 10.5 Å². The second kappa shape index (κ2) is 8.53. The lowest BCUT2D eigenvalue weighted by molar-refractivity contribution is 0.0370. The van der Waals surface area contributed by atoms with Crippen LogP contribution in [-0.4, -0.2) is 40.3 Å². The van der Waals surface area contributed by atoms with E-state index >= 15 is 0 Å². The molecule has 2 heterocycles. The Balaban J connectivity index is 1.53. The van der Waals surface area contributed by atoms with E-state index in [2.05, 4.69) is 67.4 Å². The number of ether oxygens (including phenoxy) is 1. The van der Waals surface area contributed by atoms with Crippen molar-refractivity contribution < 1.29 is 4.74 Å². The van der Waals surface area contributed by atoms with Gasteiger partial charge in [-0.25, -0.2) is 0 Å². The van der Waals surface area contributed by atoms with Crippen LogP contribution in [0.2, 0.25) is 0 Å². The van der Waals surface area contributed by atoms with Gasteiger partial charge in [-0.15, -0.1) is 0 Å². The number of H-pyrrole nitrogens is 1. The van der Waals surface area contributed by atoms with Gasteiger partial charge in [-0.3, -0.25) is 10.00 Å². The maximum Gasteiger partial charge on any atom is 0.139 e. The SMILES string of the molecule is N[C@H]1CCCN([C@H]2CCc3ccccc3[C@@H]2Oc2ccc(Br)cc2-c2ccn[nH]2)C1. The van der Waals surface area contributed by atoms with Crippen LogP contribution in [0.15, 0.2) is 59.2 Å². The molecular formula is C24H27BrN4O. The van der Waals surface area contributed by atoms with Crippen LogP contribution in [0.4, 0.5) is 0 Å². The number of hydrogen-bond donors (Lipinski definition) is 2. The fourth-order valence-corrected chi connectivity index (χ4v) is 5.28. The zero-order valence-electron chi connectivity index (χ0n) is 16.9. The first-order valence-corrected chi connectivity index (χ1v) is 11.5. The van der Waals surface area contributed by atoms with Crippen LogP contribution in [0.25, 0.3) is 11.3 Å². The lowest BCUT2D eigenvalue weighted by Crippen LogP contribution is -2.51. The van der Waals surface area contributed by atoms with Gasteiger partial charge >= 0.3 is 0 Å². The molecule has 0 amide bonds. The van der Waals surface area contributed by atoms with Gasteiger partial charge in [0, 0.05) is 28.8 Å². The highest BCUT2D eigenvalue weighted by atomic mass is 79.9. The van der Waals surface area contributed by atoms with Crippen LogP contribution in [0.1, 0.15) is 36.5 Å². The van der Waals surface area contributed by atoms with Crippen molar-refractivity contribution >= 4 is 15.9 Å². The Kier molecular flexibility index (Phi) is 5.63. The Labute approximate surface area is 185 Å². The second-order valence-electron chi connectivity index (χ2n) is 8.35. The van der Waals surface area contributed by atoms with E-state index in [0.717, 1.165) is 60.3 Å². The summed E-state index contributed by atoms with van der Waals surface area (Å²) in [6.45, 7) is 2.04. The molecule has 1 saturated heterocycles. The third kappa shape index (κ3) is 3.92. The Bertz CT molecular complexity index is 1010. The average molecular weight is 467 g/mol. The summed E-state index contributed by atoms with van der Waals surface area (Å²) in [6, 6.07) is 17.4. The number of aryl methyl sites for hydroxylation is 1. The number of aromatic amines is 1. The monoisotopic (exact) mass is 466 g/mol. The van der Waals surface area contributed by atoms with E-state index in [0.29, 0.717) is 6.04 Å². The van der Waals surface area contributed by atoms with Gasteiger partial charge in [0.2, 0.25) is 0 Å². The predicted octanol–water partition coefficient (Wildman–Crippen LogP) is 4.70. The van der Waals surface area contributed by atoms with Crippen LogP contribution in [0.5, 0.6) is 5.75 Å². The van der Waals surface area contributed by atoms with E-state index < -0.39 is 0 Å². The maximum absolute atomic E-state index is 6.84. The van der Waals surface area contributed by atoms with Crippen LogP contribution in [0.3, 0.4) is 0 Å². The maximum atomic E-state index is 6.84. The molecule has 2 aliphatic rings. The molecule has 3 aromatic rings. The van der Waals surface area contributed by atoms with E-state index in [1.165, 1.54) is 11.1 Å². The molecule has 0 radical (unpaired) electrons. The number of piperidine rings is 1. The number of aromatic nitrogens is 2. The first kappa shape index (κ1) is 19.8. The number of nitrogens with zero attached hydrogens (tertiary/aromatic N) is 2. The van der Waals surface area contributed by atoms with Crippen LogP contribution in [-0.2, 0) is 6.42 Å². The standard InChI is InChI=1S/C24H27BrN4O/c25-17-8-10-23(20(14-17)21-11-12-27-28-21)30-24-19-6-2-1-4-16(19)7-9-22(24)29-13-3-5-18(26)15-29/h1-2,4,6,8,10-12,14,18,22,24H,3,5,7,9,13,15,26H2,(H,27,28)/t18-,22-,24-/m0/s1. The third-order valence-corrected chi connectivity index (χ3v) is 6.86. The summed E-state index contributed by atoms with van der Waals surface area (Å²) in [5.41, 5.74) is 11.0. The molecule has 30 heavy (non-hydrogen) atoms. The van der Waals surface area contributed by atoms with E-state index in [-0.39, 0.29) is 12.1 Å². The van der Waals surface area contributed by atoms with Crippen molar-refractivity contribution in [1.29, 1.82) is 0 Å². The van der Waals surface area contributed by atoms with Gasteiger partial charge in [-0.1, -0.05) is 40.2 Å². The highest BCUT2D eigenvalue weighted by Gasteiger charge is 2.37. The summed E-state index contributed by atoms with van der Waals surface area (Å²) in [5.74, 6) is 0.871. The molecular weight excluding hydrogens is 440 g/mol. The molecule has 1 aromatic heterocycles. The Morgan fingerprint density at radius 1 is 1.13 bits per heavy atom. The zero-order valence-corrected chi connectivity index (χ0v) is 18.5. The van der Waals surface area contributed by atoms with E-state index in [9.17, 15) is 0 Å². The van der Waals surface area contributed by atoms with Crippen molar-refractivity contribution in [3.8, 4) is 17.0 Å². The second-order valence-corrected chi connectivity index (χ2v) is 9.27. The summed E-state index contributed by atoms with van der Waals surface area (Å²) in [5, 5.41) is 7.21. The van der Waals surface area contributed by atoms with Crippen LogP contribution < -0.4 is 10.5 Å². The molecule has 2 aromatic carbocycles. The quantitative estimate of drug-likeness (QED) is 0.584. The summed E-state index contributed by atoms with van der Waals surface area (Å²) in [4.78, 5) is 2.56. The van der Waals surface area contributed by atoms with E-state index in [1.54, 1.807) is 6.20 Å². The minimum Gasteiger partial charge on any atom is -0.483 e. The topological polar surface area (TPSA) is 67.2 Å². The molecule has 1 aliphatic carbocycles. The molecule has 0 bridgehead atoms. The molecule has 0 saturated carbocycles. The van der Waals surface area contributed by atoms with Crippen molar-refractivity contribution in [1.82, 2.24) is 15.1 Å². The number of likely N-dealkylation sites (tertiary alicyclic amines) is 1. The van der Waals surface area contributed by atoms with Crippen molar-refractivity contribution in [2.24, 2.45) is 5.73 Å². The van der Waals surface area contributed by atoms with Gasteiger partial charge in [-0.2, -0.15) is 5.10 Å². The number of benzene rings is 2. The van der Waals surface area contributed by atoms with Gasteiger partial charge in [0.15, 0.2) is 0 Å². The summed E-state index contributed by atoms with van der Waals surface area (Å²) in [7, 11) is 0. The number of hydrogen-bond acceptors (Lipinski definition) is 4. The Morgan fingerprint density at radius 2 is 2.03 bits per heavy atom. The Hall–Kier alpha value is -2.15. The van der Waals surface area contributed by atoms with E-state index in [1.807, 2.05) is 12.1 Å². The first-order valence-electron chi connectivity index (χ1n) is 10.7. The van der Waals surface area contributed by atoms with Crippen molar-refractivity contribution in [3.05, 3.63) is 70.3 Å². The lowest BCUT2D eigenvalue weighted by Gasteiger charge is -2.43. The molecule has 0 spiro atoms. The fourth-order valence-electron chi connectivity index (χ4n) is 4.92. The molecule has 3 atom stereocenters. The molecule has 156 valence electrons. The lowest BCUT2D eigenvalue weighted by atomic mass is 9.84. The number of nitrogens with two attached hydrogens (primary N) is 1. The number of rotatable bonds is 4. The molecule has 6 heteroatoms.